The fraction of sp³-hybridized carbons (Fsp3) is 0.800. The van der Waals surface area contributed by atoms with Crippen molar-refractivity contribution in [2.75, 3.05) is 0 Å². The van der Waals surface area contributed by atoms with Gasteiger partial charge in [0.2, 0.25) is 0 Å². The Balaban J connectivity index is 2.22. The van der Waals surface area contributed by atoms with Crippen molar-refractivity contribution < 1.29 is 19.1 Å². The predicted molar refractivity (Wildman–Crippen MR) is 47.4 cm³/mol. The third-order valence-electron chi connectivity index (χ3n) is 2.94. The minimum absolute atomic E-state index is 0.0252. The van der Waals surface area contributed by atoms with Gasteiger partial charge in [0.25, 0.3) is 0 Å². The molecule has 4 heteroatoms. The van der Waals surface area contributed by atoms with E-state index in [9.17, 15) is 9.59 Å². The lowest BCUT2D eigenvalue weighted by Crippen LogP contribution is -2.41. The topological polar surface area (TPSA) is 52.6 Å². The van der Waals surface area contributed by atoms with Gasteiger partial charge in [-0.05, 0) is 26.7 Å². The van der Waals surface area contributed by atoms with Gasteiger partial charge in [0.1, 0.15) is 0 Å². The van der Waals surface area contributed by atoms with Crippen molar-refractivity contribution in [1.29, 1.82) is 0 Å². The Morgan fingerprint density at radius 3 is 2.21 bits per heavy atom. The average molecular weight is 198 g/mol. The van der Waals surface area contributed by atoms with E-state index in [2.05, 4.69) is 4.74 Å². The zero-order chi connectivity index (χ0) is 10.3. The van der Waals surface area contributed by atoms with Crippen LogP contribution < -0.4 is 0 Å². The summed E-state index contributed by atoms with van der Waals surface area (Å²) in [5, 5.41) is 0. The average Bonchev–Trinajstić information content (AvgIpc) is 2.23. The SMILES string of the molecule is CC1CC2(CC(=O)OC2=O)CC(C)O1. The minimum atomic E-state index is -0.589. The second-order valence-corrected chi connectivity index (χ2v) is 4.38. The van der Waals surface area contributed by atoms with Crippen molar-refractivity contribution in [2.45, 2.75) is 45.3 Å². The summed E-state index contributed by atoms with van der Waals surface area (Å²) < 4.78 is 10.2. The molecule has 1 spiro atoms. The van der Waals surface area contributed by atoms with Crippen LogP contribution in [0.15, 0.2) is 0 Å². The highest BCUT2D eigenvalue weighted by Crippen LogP contribution is 2.44. The fourth-order valence-corrected chi connectivity index (χ4v) is 2.58. The Kier molecular flexibility index (Phi) is 2.10. The molecule has 2 atom stereocenters. The molecule has 0 aromatic heterocycles. The number of carbonyl (C=O) groups excluding carboxylic acids is 2. The predicted octanol–water partition coefficient (Wildman–Crippen LogP) is 1.03. The van der Waals surface area contributed by atoms with Gasteiger partial charge in [0, 0.05) is 0 Å². The lowest BCUT2D eigenvalue weighted by atomic mass is 9.75. The van der Waals surface area contributed by atoms with E-state index in [0.29, 0.717) is 12.8 Å². The van der Waals surface area contributed by atoms with E-state index in [1.54, 1.807) is 0 Å². The van der Waals surface area contributed by atoms with Crippen LogP contribution in [-0.2, 0) is 19.1 Å². The lowest BCUT2D eigenvalue weighted by Gasteiger charge is -2.36. The molecular formula is C10H14O4. The van der Waals surface area contributed by atoms with Crippen molar-refractivity contribution in [1.82, 2.24) is 0 Å². The van der Waals surface area contributed by atoms with E-state index >= 15 is 0 Å². The maximum absolute atomic E-state index is 11.6. The molecule has 2 fully saturated rings. The van der Waals surface area contributed by atoms with Gasteiger partial charge in [-0.3, -0.25) is 9.59 Å². The summed E-state index contributed by atoms with van der Waals surface area (Å²) in [5.41, 5.74) is -0.589. The fourth-order valence-electron chi connectivity index (χ4n) is 2.58. The highest BCUT2D eigenvalue weighted by Gasteiger charge is 2.52. The molecule has 0 bridgehead atoms. The van der Waals surface area contributed by atoms with Gasteiger partial charge in [0.05, 0.1) is 24.0 Å². The van der Waals surface area contributed by atoms with Crippen LogP contribution in [0.3, 0.4) is 0 Å². The van der Waals surface area contributed by atoms with Crippen LogP contribution in [0.25, 0.3) is 0 Å². The van der Waals surface area contributed by atoms with Crippen LogP contribution in [0.5, 0.6) is 0 Å². The smallest absolute Gasteiger partial charge is 0.320 e. The van der Waals surface area contributed by atoms with Crippen LogP contribution >= 0.6 is 0 Å². The first kappa shape index (κ1) is 9.65. The second kappa shape index (κ2) is 3.05. The van der Waals surface area contributed by atoms with Crippen molar-refractivity contribution >= 4 is 11.9 Å². The third-order valence-corrected chi connectivity index (χ3v) is 2.94. The molecule has 0 aromatic carbocycles. The number of cyclic esters (lactones) is 2. The van der Waals surface area contributed by atoms with Crippen LogP contribution in [0.1, 0.15) is 33.1 Å². The van der Waals surface area contributed by atoms with Gasteiger partial charge in [-0.1, -0.05) is 0 Å². The van der Waals surface area contributed by atoms with Crippen LogP contribution in [0, 0.1) is 5.41 Å². The van der Waals surface area contributed by atoms with Crippen LogP contribution in [0.2, 0.25) is 0 Å². The number of hydrogen-bond donors (Lipinski definition) is 0. The quantitative estimate of drug-likeness (QED) is 0.431. The van der Waals surface area contributed by atoms with E-state index < -0.39 is 11.4 Å². The molecule has 0 saturated carbocycles. The normalized spacial score (nSPS) is 43.0. The van der Waals surface area contributed by atoms with Crippen LogP contribution in [0.4, 0.5) is 0 Å². The van der Waals surface area contributed by atoms with E-state index in [-0.39, 0.29) is 24.6 Å². The second-order valence-electron chi connectivity index (χ2n) is 4.38. The van der Waals surface area contributed by atoms with E-state index in [1.165, 1.54) is 0 Å². The van der Waals surface area contributed by atoms with Crippen molar-refractivity contribution in [3.8, 4) is 0 Å². The molecule has 4 nitrogen and oxygen atoms in total. The first-order valence-electron chi connectivity index (χ1n) is 4.92. The first-order chi connectivity index (χ1) is 6.52. The van der Waals surface area contributed by atoms with Gasteiger partial charge in [-0.25, -0.2) is 0 Å². The number of hydrogen-bond acceptors (Lipinski definition) is 4. The summed E-state index contributed by atoms with van der Waals surface area (Å²) in [4.78, 5) is 22.6. The maximum atomic E-state index is 11.6. The summed E-state index contributed by atoms with van der Waals surface area (Å²) in [5.74, 6) is -0.749. The Hall–Kier alpha value is -0.900. The molecule has 2 saturated heterocycles. The summed E-state index contributed by atoms with van der Waals surface area (Å²) in [6, 6.07) is 0. The molecule has 0 radical (unpaired) electrons. The Bertz CT molecular complexity index is 274. The highest BCUT2D eigenvalue weighted by molar-refractivity contribution is 5.97. The molecule has 2 rings (SSSR count). The minimum Gasteiger partial charge on any atom is -0.393 e. The lowest BCUT2D eigenvalue weighted by molar-refractivity contribution is -0.161. The zero-order valence-corrected chi connectivity index (χ0v) is 8.41. The number of esters is 2. The Morgan fingerprint density at radius 1 is 1.21 bits per heavy atom. The van der Waals surface area contributed by atoms with E-state index in [1.807, 2.05) is 13.8 Å². The molecule has 0 aliphatic carbocycles. The number of carbonyl (C=O) groups is 2. The number of rotatable bonds is 0. The van der Waals surface area contributed by atoms with Crippen molar-refractivity contribution in [2.24, 2.45) is 5.41 Å². The molecule has 0 amide bonds. The molecular weight excluding hydrogens is 184 g/mol. The monoisotopic (exact) mass is 198 g/mol. The van der Waals surface area contributed by atoms with Gasteiger partial charge in [0.15, 0.2) is 0 Å². The van der Waals surface area contributed by atoms with Crippen molar-refractivity contribution in [3.05, 3.63) is 0 Å². The number of ether oxygens (including phenoxy) is 2. The maximum Gasteiger partial charge on any atom is 0.320 e. The summed E-state index contributed by atoms with van der Waals surface area (Å²) >= 11 is 0. The molecule has 2 aliphatic rings. The summed E-state index contributed by atoms with van der Waals surface area (Å²) in [6.07, 6.45) is 1.47. The molecule has 14 heavy (non-hydrogen) atoms. The molecule has 78 valence electrons. The summed E-state index contributed by atoms with van der Waals surface area (Å²) in [6.45, 7) is 3.85. The molecule has 2 unspecified atom stereocenters. The largest absolute Gasteiger partial charge is 0.393 e. The standard InChI is InChI=1S/C10H14O4/c1-6-3-10(4-7(2)13-6)5-8(11)14-9(10)12/h6-7H,3-5H2,1-2H3. The Labute approximate surface area is 82.6 Å². The van der Waals surface area contributed by atoms with Gasteiger partial charge in [-0.15, -0.1) is 0 Å². The zero-order valence-electron chi connectivity index (χ0n) is 8.41. The van der Waals surface area contributed by atoms with Gasteiger partial charge < -0.3 is 9.47 Å². The molecule has 2 aliphatic heterocycles. The highest BCUT2D eigenvalue weighted by atomic mass is 16.6. The van der Waals surface area contributed by atoms with E-state index in [4.69, 9.17) is 4.74 Å². The molecule has 2 heterocycles. The summed E-state index contributed by atoms with van der Waals surface area (Å²) in [7, 11) is 0. The molecule has 0 N–H and O–H groups in total. The van der Waals surface area contributed by atoms with Crippen LogP contribution in [-0.4, -0.2) is 24.1 Å². The third kappa shape index (κ3) is 1.43. The first-order valence-corrected chi connectivity index (χ1v) is 4.92. The Morgan fingerprint density at radius 2 is 1.79 bits per heavy atom. The molecule has 0 aromatic rings. The van der Waals surface area contributed by atoms with Crippen molar-refractivity contribution in [3.63, 3.8) is 0 Å². The van der Waals surface area contributed by atoms with Gasteiger partial charge >= 0.3 is 11.9 Å². The van der Waals surface area contributed by atoms with Gasteiger partial charge in [-0.2, -0.15) is 0 Å². The van der Waals surface area contributed by atoms with E-state index in [0.717, 1.165) is 0 Å².